The van der Waals surface area contributed by atoms with E-state index in [1.165, 1.54) is 16.7 Å². The number of benzene rings is 2. The quantitative estimate of drug-likeness (QED) is 0.273. The number of aliphatic carboxylic acids is 1. The van der Waals surface area contributed by atoms with Gasteiger partial charge in [-0.2, -0.15) is 0 Å². The van der Waals surface area contributed by atoms with E-state index in [1.807, 2.05) is 6.07 Å². The van der Waals surface area contributed by atoms with E-state index in [2.05, 4.69) is 88.0 Å². The number of fused-ring (bicyclic) bond motifs is 1. The number of hydrogen-bond donors (Lipinski definition) is 1. The van der Waals surface area contributed by atoms with Crippen molar-refractivity contribution in [2.75, 3.05) is 0 Å². The second-order valence-corrected chi connectivity index (χ2v) is 11.1. The summed E-state index contributed by atoms with van der Waals surface area (Å²) in [5.74, 6) is 1.11. The van der Waals surface area contributed by atoms with Gasteiger partial charge in [0, 0.05) is 43.8 Å². The first-order valence-electron chi connectivity index (χ1n) is 13.7. The van der Waals surface area contributed by atoms with Crippen LogP contribution in [0.2, 0.25) is 0 Å². The van der Waals surface area contributed by atoms with Crippen LogP contribution < -0.4 is 9.47 Å². The molecule has 1 aliphatic heterocycles. The molecule has 1 unspecified atom stereocenters. The van der Waals surface area contributed by atoms with Crippen LogP contribution >= 0.6 is 0 Å². The molecule has 0 amide bonds. The highest BCUT2D eigenvalue weighted by Crippen LogP contribution is 2.45. The van der Waals surface area contributed by atoms with Crippen molar-refractivity contribution < 1.29 is 19.4 Å². The number of aromatic nitrogens is 1. The maximum absolute atomic E-state index is 10.9. The first kappa shape index (κ1) is 26.8. The predicted octanol–water partition coefficient (Wildman–Crippen LogP) is 7.85. The molecular formula is C32H41NO4. The highest BCUT2D eigenvalue weighted by molar-refractivity contribution is 5.71. The Hall–Kier alpha value is -3.21. The summed E-state index contributed by atoms with van der Waals surface area (Å²) in [5, 5.41) is 8.99. The van der Waals surface area contributed by atoms with Crippen LogP contribution in [0.3, 0.4) is 0 Å². The highest BCUT2D eigenvalue weighted by atomic mass is 16.7. The Morgan fingerprint density at radius 1 is 0.973 bits per heavy atom. The number of ether oxygens (including phenoxy) is 2. The molecule has 37 heavy (non-hydrogen) atoms. The van der Waals surface area contributed by atoms with E-state index in [-0.39, 0.29) is 6.42 Å². The summed E-state index contributed by atoms with van der Waals surface area (Å²) in [7, 11) is 0. The van der Waals surface area contributed by atoms with Crippen molar-refractivity contribution in [1.82, 2.24) is 4.57 Å². The van der Waals surface area contributed by atoms with Gasteiger partial charge in [0.1, 0.15) is 0 Å². The summed E-state index contributed by atoms with van der Waals surface area (Å²) in [6.07, 6.45) is 8.62. The van der Waals surface area contributed by atoms with E-state index in [4.69, 9.17) is 14.6 Å². The van der Waals surface area contributed by atoms with Crippen molar-refractivity contribution in [2.45, 2.75) is 91.4 Å². The van der Waals surface area contributed by atoms with Gasteiger partial charge in [-0.15, -0.1) is 0 Å². The fourth-order valence-electron chi connectivity index (χ4n) is 5.25. The maximum Gasteiger partial charge on any atom is 0.303 e. The van der Waals surface area contributed by atoms with Gasteiger partial charge in [-0.3, -0.25) is 4.79 Å². The number of nitrogens with zero attached hydrogens (tertiary/aromatic N) is 1. The molecule has 4 rings (SSSR count). The molecule has 3 aromatic rings. The van der Waals surface area contributed by atoms with E-state index < -0.39 is 11.8 Å². The van der Waals surface area contributed by atoms with E-state index >= 15 is 0 Å². The van der Waals surface area contributed by atoms with Crippen LogP contribution in [0.5, 0.6) is 11.5 Å². The third-order valence-corrected chi connectivity index (χ3v) is 6.96. The molecule has 2 heterocycles. The Kier molecular flexibility index (Phi) is 8.31. The molecule has 0 radical (unpaired) electrons. The van der Waals surface area contributed by atoms with Crippen LogP contribution in [-0.2, 0) is 24.2 Å². The van der Waals surface area contributed by atoms with Crippen molar-refractivity contribution in [3.8, 4) is 22.6 Å². The lowest BCUT2D eigenvalue weighted by Gasteiger charge is -2.27. The number of hydrogen-bond acceptors (Lipinski definition) is 3. The first-order chi connectivity index (χ1) is 17.7. The van der Waals surface area contributed by atoms with Crippen LogP contribution in [0, 0.1) is 5.92 Å². The van der Waals surface area contributed by atoms with Gasteiger partial charge in [0.2, 0.25) is 0 Å². The molecule has 5 nitrogen and oxygen atoms in total. The molecule has 2 aromatic carbocycles. The summed E-state index contributed by atoms with van der Waals surface area (Å²) in [4.78, 5) is 10.9. The number of aryl methyl sites for hydroxylation is 1. The Morgan fingerprint density at radius 3 is 2.32 bits per heavy atom. The second-order valence-electron chi connectivity index (χ2n) is 11.1. The Bertz CT molecular complexity index is 1210. The van der Waals surface area contributed by atoms with Crippen LogP contribution in [0.1, 0.15) is 82.9 Å². The van der Waals surface area contributed by atoms with Crippen molar-refractivity contribution in [3.05, 3.63) is 71.5 Å². The van der Waals surface area contributed by atoms with E-state index in [9.17, 15) is 4.79 Å². The summed E-state index contributed by atoms with van der Waals surface area (Å²) < 4.78 is 15.2. The average Bonchev–Trinajstić information content (AvgIpc) is 3.41. The third-order valence-electron chi connectivity index (χ3n) is 6.96. The van der Waals surface area contributed by atoms with Crippen molar-refractivity contribution in [3.63, 3.8) is 0 Å². The van der Waals surface area contributed by atoms with Gasteiger partial charge < -0.3 is 19.1 Å². The number of carbonyl (C=O) groups is 1. The number of carboxylic acids is 1. The van der Waals surface area contributed by atoms with Crippen LogP contribution in [0.15, 0.2) is 54.9 Å². The molecule has 1 atom stereocenters. The predicted molar refractivity (Wildman–Crippen MR) is 148 cm³/mol. The Balaban J connectivity index is 1.55. The summed E-state index contributed by atoms with van der Waals surface area (Å²) >= 11 is 0. The molecule has 1 aromatic heterocycles. The van der Waals surface area contributed by atoms with Gasteiger partial charge in [0.15, 0.2) is 11.5 Å². The Labute approximate surface area is 221 Å². The topological polar surface area (TPSA) is 60.7 Å². The molecule has 0 spiro atoms. The van der Waals surface area contributed by atoms with E-state index in [0.717, 1.165) is 41.9 Å². The van der Waals surface area contributed by atoms with Crippen LogP contribution in [0.25, 0.3) is 11.1 Å². The SMILES string of the molecule is CCCC1(Cc2ccc(CC(C)C)cc2)Oc2ccc(-c3cn(CCCC(=O)O)cc3C(C)C)cc2O1. The monoisotopic (exact) mass is 503 g/mol. The molecule has 0 bridgehead atoms. The lowest BCUT2D eigenvalue weighted by molar-refractivity contribution is -0.137. The standard InChI is InChI=1S/C32H41NO4/c1-6-15-32(19-25-11-9-24(10-12-25)17-22(2)3)36-29-14-13-26(18-30(29)37-32)28-21-33(16-7-8-31(34)35)20-27(28)23(4)5/h9-14,18,20-23H,6-8,15-17,19H2,1-5H3,(H,34,35). The van der Waals surface area contributed by atoms with Gasteiger partial charge in [0.05, 0.1) is 0 Å². The second kappa shape index (κ2) is 11.5. The minimum atomic E-state index is -0.755. The Morgan fingerprint density at radius 2 is 1.68 bits per heavy atom. The smallest absolute Gasteiger partial charge is 0.303 e. The molecule has 5 heteroatoms. The fraction of sp³-hybridized carbons (Fsp3) is 0.469. The van der Waals surface area contributed by atoms with Crippen LogP contribution in [-0.4, -0.2) is 21.4 Å². The minimum absolute atomic E-state index is 0.175. The molecule has 1 aliphatic rings. The zero-order valence-electron chi connectivity index (χ0n) is 22.9. The molecule has 0 saturated carbocycles. The molecule has 0 saturated heterocycles. The third kappa shape index (κ3) is 6.57. The van der Waals surface area contributed by atoms with E-state index in [1.54, 1.807) is 0 Å². The maximum atomic E-state index is 10.9. The summed E-state index contributed by atoms with van der Waals surface area (Å²) in [6.45, 7) is 11.7. The van der Waals surface area contributed by atoms with Crippen LogP contribution in [0.4, 0.5) is 0 Å². The van der Waals surface area contributed by atoms with Gasteiger partial charge in [-0.1, -0.05) is 65.0 Å². The summed E-state index contributed by atoms with van der Waals surface area (Å²) in [6, 6.07) is 15.1. The van der Waals surface area contributed by atoms with Gasteiger partial charge >= 0.3 is 5.97 Å². The van der Waals surface area contributed by atoms with Crippen molar-refractivity contribution in [2.24, 2.45) is 5.92 Å². The van der Waals surface area contributed by atoms with Gasteiger partial charge in [-0.25, -0.2) is 0 Å². The molecule has 198 valence electrons. The molecule has 0 fully saturated rings. The van der Waals surface area contributed by atoms with Crippen molar-refractivity contribution >= 4 is 5.97 Å². The number of carboxylic acid groups (broad SMARTS) is 1. The first-order valence-corrected chi connectivity index (χ1v) is 13.7. The lowest BCUT2D eigenvalue weighted by atomic mass is 9.97. The molecule has 1 N–H and O–H groups in total. The average molecular weight is 504 g/mol. The zero-order valence-corrected chi connectivity index (χ0v) is 22.9. The van der Waals surface area contributed by atoms with E-state index in [0.29, 0.717) is 31.2 Å². The summed E-state index contributed by atoms with van der Waals surface area (Å²) in [5.41, 5.74) is 6.07. The lowest BCUT2D eigenvalue weighted by Crippen LogP contribution is -2.40. The van der Waals surface area contributed by atoms with Crippen molar-refractivity contribution in [1.29, 1.82) is 0 Å². The number of rotatable bonds is 12. The normalized spacial score (nSPS) is 16.6. The molecular weight excluding hydrogens is 462 g/mol. The molecule has 0 aliphatic carbocycles. The van der Waals surface area contributed by atoms with Gasteiger partial charge in [-0.05, 0) is 65.5 Å². The zero-order chi connectivity index (χ0) is 26.6. The minimum Gasteiger partial charge on any atom is -0.481 e. The largest absolute Gasteiger partial charge is 0.481 e. The fourth-order valence-corrected chi connectivity index (χ4v) is 5.25. The van der Waals surface area contributed by atoms with Gasteiger partial charge in [0.25, 0.3) is 5.79 Å². The highest BCUT2D eigenvalue weighted by Gasteiger charge is 2.41.